The lowest BCUT2D eigenvalue weighted by Gasteiger charge is -2.23. The largest absolute Gasteiger partial charge is 0.359 e. The van der Waals surface area contributed by atoms with Gasteiger partial charge in [0.25, 0.3) is 0 Å². The van der Waals surface area contributed by atoms with E-state index in [2.05, 4.69) is 15.3 Å². The van der Waals surface area contributed by atoms with Crippen LogP contribution in [-0.4, -0.2) is 27.5 Å². The molecule has 2 heterocycles. The highest BCUT2D eigenvalue weighted by Gasteiger charge is 2.28. The number of aromatic amines is 1. The Morgan fingerprint density at radius 3 is 3.00 bits per heavy atom. The molecule has 0 aliphatic carbocycles. The van der Waals surface area contributed by atoms with Crippen molar-refractivity contribution < 1.29 is 4.79 Å². The quantitative estimate of drug-likeness (QED) is 0.832. The fourth-order valence-electron chi connectivity index (χ4n) is 1.94. The van der Waals surface area contributed by atoms with Gasteiger partial charge in [0.15, 0.2) is 10.4 Å². The average Bonchev–Trinajstić information content (AvgIpc) is 2.65. The highest BCUT2D eigenvalue weighted by Crippen LogP contribution is 2.21. The van der Waals surface area contributed by atoms with Gasteiger partial charge in [0.05, 0.1) is 10.9 Å². The van der Waals surface area contributed by atoms with Crippen LogP contribution in [0.2, 0.25) is 0 Å². The molecular formula is C12H16N4OS. The van der Waals surface area contributed by atoms with E-state index in [9.17, 15) is 4.79 Å². The van der Waals surface area contributed by atoms with Gasteiger partial charge in [-0.3, -0.25) is 4.79 Å². The van der Waals surface area contributed by atoms with Crippen molar-refractivity contribution in [2.24, 2.45) is 5.41 Å². The van der Waals surface area contributed by atoms with Gasteiger partial charge >= 0.3 is 0 Å². The van der Waals surface area contributed by atoms with Crippen molar-refractivity contribution in [1.82, 2.24) is 19.9 Å². The molecule has 5 nitrogen and oxygen atoms in total. The van der Waals surface area contributed by atoms with Crippen molar-refractivity contribution in [3.05, 3.63) is 23.1 Å². The summed E-state index contributed by atoms with van der Waals surface area (Å²) in [4.78, 5) is 19.2. The lowest BCUT2D eigenvalue weighted by Crippen LogP contribution is -2.37. The number of hydrogen-bond donors (Lipinski definition) is 2. The van der Waals surface area contributed by atoms with Gasteiger partial charge in [-0.2, -0.15) is 0 Å². The van der Waals surface area contributed by atoms with Crippen LogP contribution in [0.15, 0.2) is 18.3 Å². The monoisotopic (exact) mass is 264 g/mol. The Morgan fingerprint density at radius 1 is 1.61 bits per heavy atom. The smallest absolute Gasteiger partial charge is 0.227 e. The second-order valence-electron chi connectivity index (χ2n) is 4.85. The minimum absolute atomic E-state index is 0.0188. The first-order valence-electron chi connectivity index (χ1n) is 5.71. The Morgan fingerprint density at radius 2 is 2.33 bits per heavy atom. The molecule has 18 heavy (non-hydrogen) atoms. The lowest BCUT2D eigenvalue weighted by molar-refractivity contribution is -0.129. The molecule has 0 saturated heterocycles. The lowest BCUT2D eigenvalue weighted by atomic mass is 9.92. The van der Waals surface area contributed by atoms with Crippen LogP contribution in [0.1, 0.15) is 13.8 Å². The molecule has 0 fully saturated rings. The van der Waals surface area contributed by atoms with E-state index >= 15 is 0 Å². The summed E-state index contributed by atoms with van der Waals surface area (Å²) in [5.74, 6) is -0.0188. The van der Waals surface area contributed by atoms with Crippen molar-refractivity contribution in [2.45, 2.75) is 20.4 Å². The summed E-state index contributed by atoms with van der Waals surface area (Å²) in [5, 5.41) is 2.67. The van der Waals surface area contributed by atoms with Crippen molar-refractivity contribution >= 4 is 29.3 Å². The molecule has 1 amide bonds. The predicted molar refractivity (Wildman–Crippen MR) is 72.8 cm³/mol. The van der Waals surface area contributed by atoms with Crippen LogP contribution in [0.3, 0.4) is 0 Å². The number of rotatable bonds is 3. The molecule has 2 aromatic rings. The topological polar surface area (TPSA) is 62.7 Å². The zero-order valence-corrected chi connectivity index (χ0v) is 11.5. The summed E-state index contributed by atoms with van der Waals surface area (Å²) in [6.45, 7) is 4.26. The van der Waals surface area contributed by atoms with Gasteiger partial charge in [-0.15, -0.1) is 0 Å². The minimum atomic E-state index is -0.542. The van der Waals surface area contributed by atoms with E-state index in [4.69, 9.17) is 12.2 Å². The van der Waals surface area contributed by atoms with Crippen LogP contribution in [0, 0.1) is 10.2 Å². The first kappa shape index (κ1) is 12.8. The van der Waals surface area contributed by atoms with Crippen LogP contribution in [0.25, 0.3) is 11.2 Å². The van der Waals surface area contributed by atoms with Crippen molar-refractivity contribution in [3.8, 4) is 0 Å². The third-order valence-electron chi connectivity index (χ3n) is 2.92. The third-order valence-corrected chi connectivity index (χ3v) is 3.25. The molecule has 0 aliphatic heterocycles. The first-order chi connectivity index (χ1) is 8.45. The molecular weight excluding hydrogens is 248 g/mol. The van der Waals surface area contributed by atoms with Crippen molar-refractivity contribution in [2.75, 3.05) is 7.05 Å². The van der Waals surface area contributed by atoms with Crippen molar-refractivity contribution in [1.29, 1.82) is 0 Å². The van der Waals surface area contributed by atoms with E-state index in [1.807, 2.05) is 30.5 Å². The number of imidazole rings is 1. The number of aromatic nitrogens is 3. The van der Waals surface area contributed by atoms with Gasteiger partial charge in [-0.1, -0.05) is 0 Å². The fraction of sp³-hybridized carbons (Fsp3) is 0.417. The Bertz CT molecular complexity index is 641. The van der Waals surface area contributed by atoms with E-state index in [0.29, 0.717) is 11.3 Å². The van der Waals surface area contributed by atoms with Gasteiger partial charge in [0.2, 0.25) is 5.91 Å². The zero-order valence-electron chi connectivity index (χ0n) is 10.7. The molecule has 0 unspecified atom stereocenters. The standard InChI is InChI=1S/C12H16N4OS/c1-12(2,10(17)13-3)7-16-9-8(15-11(16)18)5-4-6-14-9/h4-6H,7H2,1-3H3,(H,13,17)(H,15,18). The van der Waals surface area contributed by atoms with Crippen molar-refractivity contribution in [3.63, 3.8) is 0 Å². The van der Waals surface area contributed by atoms with Crippen LogP contribution in [-0.2, 0) is 11.3 Å². The van der Waals surface area contributed by atoms with E-state index in [0.717, 1.165) is 11.2 Å². The summed E-state index contributed by atoms with van der Waals surface area (Å²) >= 11 is 5.28. The Labute approximate surface area is 110 Å². The van der Waals surface area contributed by atoms with Crippen LogP contribution < -0.4 is 5.32 Å². The zero-order chi connectivity index (χ0) is 13.3. The van der Waals surface area contributed by atoms with Gasteiger partial charge in [0.1, 0.15) is 0 Å². The summed E-state index contributed by atoms with van der Waals surface area (Å²) in [6, 6.07) is 3.77. The van der Waals surface area contributed by atoms with Gasteiger partial charge in [-0.05, 0) is 38.2 Å². The molecule has 0 bridgehead atoms. The fourth-order valence-corrected chi connectivity index (χ4v) is 2.20. The minimum Gasteiger partial charge on any atom is -0.359 e. The summed E-state index contributed by atoms with van der Waals surface area (Å²) < 4.78 is 2.44. The molecule has 2 N–H and O–H groups in total. The van der Waals surface area contributed by atoms with E-state index in [1.54, 1.807) is 13.2 Å². The van der Waals surface area contributed by atoms with Crippen LogP contribution in [0.4, 0.5) is 0 Å². The number of hydrogen-bond acceptors (Lipinski definition) is 3. The summed E-state index contributed by atoms with van der Waals surface area (Å²) in [6.07, 6.45) is 1.72. The second-order valence-corrected chi connectivity index (χ2v) is 5.24. The molecule has 0 aromatic carbocycles. The predicted octanol–water partition coefficient (Wildman–Crippen LogP) is 1.87. The highest BCUT2D eigenvalue weighted by atomic mass is 32.1. The first-order valence-corrected chi connectivity index (χ1v) is 6.12. The Balaban J connectivity index is 2.46. The van der Waals surface area contributed by atoms with Crippen LogP contribution >= 0.6 is 12.2 Å². The number of nitrogens with zero attached hydrogens (tertiary/aromatic N) is 2. The van der Waals surface area contributed by atoms with Gasteiger partial charge in [0, 0.05) is 19.8 Å². The average molecular weight is 264 g/mol. The number of carbonyl (C=O) groups excluding carboxylic acids is 1. The van der Waals surface area contributed by atoms with Crippen LogP contribution in [0.5, 0.6) is 0 Å². The number of fused-ring (bicyclic) bond motifs is 1. The molecule has 0 saturated carbocycles. The number of nitrogens with one attached hydrogen (secondary N) is 2. The molecule has 0 atom stereocenters. The molecule has 0 radical (unpaired) electrons. The maximum absolute atomic E-state index is 11.8. The molecule has 0 aliphatic rings. The maximum Gasteiger partial charge on any atom is 0.227 e. The molecule has 96 valence electrons. The number of H-pyrrole nitrogens is 1. The molecule has 2 aromatic heterocycles. The SMILES string of the molecule is CNC(=O)C(C)(C)Cn1c(=S)[nH]c2cccnc21. The van der Waals surface area contributed by atoms with Gasteiger partial charge in [-0.25, -0.2) is 4.98 Å². The van der Waals surface area contributed by atoms with E-state index in [1.165, 1.54) is 0 Å². The second kappa shape index (κ2) is 4.53. The molecule has 6 heteroatoms. The summed E-state index contributed by atoms with van der Waals surface area (Å²) in [7, 11) is 1.64. The number of pyridine rings is 1. The maximum atomic E-state index is 11.8. The molecule has 2 rings (SSSR count). The normalized spacial score (nSPS) is 11.7. The van der Waals surface area contributed by atoms with E-state index < -0.39 is 5.41 Å². The molecule has 0 spiro atoms. The highest BCUT2D eigenvalue weighted by molar-refractivity contribution is 7.71. The number of carbonyl (C=O) groups is 1. The van der Waals surface area contributed by atoms with E-state index in [-0.39, 0.29) is 5.91 Å². The number of amides is 1. The Hall–Kier alpha value is -1.69. The Kier molecular flexibility index (Phi) is 3.21. The third kappa shape index (κ3) is 2.15. The van der Waals surface area contributed by atoms with Gasteiger partial charge < -0.3 is 14.9 Å². The summed E-state index contributed by atoms with van der Waals surface area (Å²) in [5.41, 5.74) is 1.12.